The number of esters is 1. The fraction of sp³-hybridized carbons (Fsp3) is 0.429. The topological polar surface area (TPSA) is 193 Å². The molecule has 4 N–H and O–H groups in total. The number of ether oxygens (including phenoxy) is 4. The van der Waals surface area contributed by atoms with Gasteiger partial charge in [-0.15, -0.1) is 0 Å². The van der Waals surface area contributed by atoms with Crippen LogP contribution in [0.15, 0.2) is 66.3 Å². The number of carbonyl (C=O) groups is 2. The molecule has 218 valence electrons. The first-order valence-electron chi connectivity index (χ1n) is 13.0. The van der Waals surface area contributed by atoms with Crippen molar-refractivity contribution in [3.05, 3.63) is 82.8 Å². The van der Waals surface area contributed by atoms with Crippen LogP contribution in [0.25, 0.3) is 21.6 Å². The van der Waals surface area contributed by atoms with E-state index in [0.29, 0.717) is 0 Å². The van der Waals surface area contributed by atoms with Gasteiger partial charge in [-0.2, -0.15) is 0 Å². The van der Waals surface area contributed by atoms with E-state index >= 15 is 0 Å². The van der Waals surface area contributed by atoms with Gasteiger partial charge in [0.05, 0.1) is 18.8 Å². The number of aliphatic hydroxyl groups excluding tert-OH is 3. The van der Waals surface area contributed by atoms with Crippen molar-refractivity contribution in [3.63, 3.8) is 0 Å². The highest BCUT2D eigenvalue weighted by Crippen LogP contribution is 2.44. The Morgan fingerprint density at radius 3 is 2.34 bits per heavy atom. The van der Waals surface area contributed by atoms with Crippen molar-refractivity contribution in [1.29, 1.82) is 0 Å². The van der Waals surface area contributed by atoms with Gasteiger partial charge in [0, 0.05) is 10.8 Å². The molecule has 0 saturated carbocycles. The molecular weight excluding hydrogens is 536 g/mol. The highest BCUT2D eigenvalue weighted by molar-refractivity contribution is 5.82. The van der Waals surface area contributed by atoms with Crippen LogP contribution in [-0.4, -0.2) is 90.0 Å². The zero-order chi connectivity index (χ0) is 29.5. The molecule has 4 rings (SSSR count). The fourth-order valence-electron chi connectivity index (χ4n) is 5.02. The van der Waals surface area contributed by atoms with Crippen LogP contribution < -0.4 is 5.32 Å². The van der Waals surface area contributed by atoms with Crippen molar-refractivity contribution >= 4 is 12.1 Å². The molecule has 1 aliphatic carbocycles. The maximum Gasteiger partial charge on any atom is 0.407 e. The minimum Gasteiger partial charge on any atom is -0.460 e. The van der Waals surface area contributed by atoms with Crippen LogP contribution >= 0.6 is 0 Å². The lowest BCUT2D eigenvalue weighted by Crippen LogP contribution is -2.60. The summed E-state index contributed by atoms with van der Waals surface area (Å²) in [6.45, 7) is 4.11. The minimum atomic E-state index is -1.63. The van der Waals surface area contributed by atoms with Crippen LogP contribution in [-0.2, 0) is 23.7 Å². The summed E-state index contributed by atoms with van der Waals surface area (Å²) >= 11 is 0. The number of hydrogen-bond acceptors (Lipinski definition) is 10. The summed E-state index contributed by atoms with van der Waals surface area (Å²) in [5.41, 5.74) is 13.1. The molecule has 0 radical (unpaired) electrons. The molecule has 0 aromatic heterocycles. The van der Waals surface area contributed by atoms with E-state index in [-0.39, 0.29) is 19.1 Å². The van der Waals surface area contributed by atoms with Gasteiger partial charge in [0.2, 0.25) is 0 Å². The average molecular weight is 569 g/mol. The van der Waals surface area contributed by atoms with E-state index < -0.39 is 61.5 Å². The van der Waals surface area contributed by atoms with Gasteiger partial charge < -0.3 is 39.6 Å². The molecule has 7 atom stereocenters. The average Bonchev–Trinajstić information content (AvgIpc) is 3.30. The van der Waals surface area contributed by atoms with Crippen LogP contribution in [0.5, 0.6) is 0 Å². The lowest BCUT2D eigenvalue weighted by atomic mass is 9.97. The molecular formula is C28H32N4O9. The molecule has 13 nitrogen and oxygen atoms in total. The number of azide groups is 1. The third-order valence-electron chi connectivity index (χ3n) is 7.07. The van der Waals surface area contributed by atoms with Crippen molar-refractivity contribution in [2.24, 2.45) is 5.11 Å². The number of nitrogens with zero attached hydrogens (tertiary/aromatic N) is 3. The first-order chi connectivity index (χ1) is 19.8. The fourth-order valence-corrected chi connectivity index (χ4v) is 5.02. The Labute approximate surface area is 235 Å². The lowest BCUT2D eigenvalue weighted by Gasteiger charge is -2.41. The number of amides is 1. The Bertz CT molecular complexity index is 1260. The second kappa shape index (κ2) is 13.6. The summed E-state index contributed by atoms with van der Waals surface area (Å²) in [5, 5.41) is 36.0. The molecule has 0 bridgehead atoms. The largest absolute Gasteiger partial charge is 0.460 e. The molecule has 2 aliphatic rings. The van der Waals surface area contributed by atoms with Crippen molar-refractivity contribution < 1.29 is 43.9 Å². The van der Waals surface area contributed by atoms with Crippen LogP contribution in [0.2, 0.25) is 0 Å². The zero-order valence-electron chi connectivity index (χ0n) is 22.3. The standard InChI is InChI=1S/C28H32N4O9/c1-3-12-38-26(36)22(15(2)40-27-23(31-32-29)25(35)24(34)21(13-33)41-27)30-28(37)39-14-20-18-10-6-4-8-16(18)17-9-5-7-11-19(17)20/h3-11,15,20-25,27,33-35H,1,12-14H2,2H3,(H,30,37)/t15-,21-,22+,23-,24+,25-,27+/m1/s1. The van der Waals surface area contributed by atoms with E-state index in [4.69, 9.17) is 24.5 Å². The van der Waals surface area contributed by atoms with E-state index in [1.54, 1.807) is 0 Å². The summed E-state index contributed by atoms with van der Waals surface area (Å²) in [6, 6.07) is 12.8. The zero-order valence-corrected chi connectivity index (χ0v) is 22.3. The molecule has 13 heteroatoms. The van der Waals surface area contributed by atoms with E-state index in [0.717, 1.165) is 22.3 Å². The third kappa shape index (κ3) is 6.51. The quantitative estimate of drug-likeness (QED) is 0.103. The maximum absolute atomic E-state index is 12.9. The predicted molar refractivity (Wildman–Crippen MR) is 144 cm³/mol. The molecule has 2 aromatic rings. The molecule has 1 heterocycles. The number of fused-ring (bicyclic) bond motifs is 3. The Balaban J connectivity index is 1.47. The Morgan fingerprint density at radius 2 is 1.76 bits per heavy atom. The molecule has 0 unspecified atom stereocenters. The van der Waals surface area contributed by atoms with Crippen LogP contribution in [0.4, 0.5) is 4.79 Å². The first-order valence-corrected chi connectivity index (χ1v) is 13.0. The normalized spacial score (nSPS) is 24.6. The summed E-state index contributed by atoms with van der Waals surface area (Å²) in [7, 11) is 0. The SMILES string of the molecule is C=CCOC(=O)[C@@H](NC(=O)OCC1c2ccccc2-c2ccccc21)[C@@H](C)O[C@H]1O[C@H](CO)[C@H](O)[C@H](O)[C@H]1N=[N+]=[N-]. The minimum absolute atomic E-state index is 0.00349. The number of carbonyl (C=O) groups excluding carboxylic acids is 2. The highest BCUT2D eigenvalue weighted by atomic mass is 16.7. The van der Waals surface area contributed by atoms with Crippen molar-refractivity contribution in [3.8, 4) is 11.1 Å². The van der Waals surface area contributed by atoms with Gasteiger partial charge in [-0.05, 0) is 34.7 Å². The van der Waals surface area contributed by atoms with Gasteiger partial charge in [-0.3, -0.25) is 0 Å². The van der Waals surface area contributed by atoms with E-state index in [1.807, 2.05) is 48.5 Å². The molecule has 1 amide bonds. The summed E-state index contributed by atoms with van der Waals surface area (Å²) in [6.07, 6.45) is -6.66. The number of alkyl carbamates (subject to hydrolysis) is 1. The van der Waals surface area contributed by atoms with E-state index in [2.05, 4.69) is 21.9 Å². The predicted octanol–water partition coefficient (Wildman–Crippen LogP) is 2.15. The van der Waals surface area contributed by atoms with Gasteiger partial charge >= 0.3 is 12.1 Å². The Morgan fingerprint density at radius 1 is 1.12 bits per heavy atom. The van der Waals surface area contributed by atoms with Crippen LogP contribution in [0.3, 0.4) is 0 Å². The maximum atomic E-state index is 12.9. The smallest absolute Gasteiger partial charge is 0.407 e. The Hall–Kier alpha value is -3.97. The van der Waals surface area contributed by atoms with Gasteiger partial charge in [0.25, 0.3) is 0 Å². The molecule has 1 aliphatic heterocycles. The van der Waals surface area contributed by atoms with E-state index in [9.17, 15) is 24.9 Å². The summed E-state index contributed by atoms with van der Waals surface area (Å²) in [5.74, 6) is -1.09. The van der Waals surface area contributed by atoms with E-state index in [1.165, 1.54) is 13.0 Å². The molecule has 41 heavy (non-hydrogen) atoms. The van der Waals surface area contributed by atoms with Crippen molar-refractivity contribution in [1.82, 2.24) is 5.32 Å². The molecule has 0 spiro atoms. The van der Waals surface area contributed by atoms with Crippen molar-refractivity contribution in [2.45, 2.75) is 55.6 Å². The molecule has 1 saturated heterocycles. The van der Waals surface area contributed by atoms with Gasteiger partial charge in [0.15, 0.2) is 12.3 Å². The Kier molecular flexibility index (Phi) is 9.95. The van der Waals surface area contributed by atoms with Gasteiger partial charge in [-0.1, -0.05) is 66.3 Å². The van der Waals surface area contributed by atoms with Crippen molar-refractivity contribution in [2.75, 3.05) is 19.8 Å². The highest BCUT2D eigenvalue weighted by Gasteiger charge is 2.46. The van der Waals surface area contributed by atoms with Gasteiger partial charge in [0.1, 0.15) is 31.5 Å². The number of aliphatic hydroxyl groups is 3. The second-order valence-electron chi connectivity index (χ2n) is 9.61. The number of benzene rings is 2. The van der Waals surface area contributed by atoms with Crippen LogP contribution in [0.1, 0.15) is 24.0 Å². The van der Waals surface area contributed by atoms with Gasteiger partial charge in [-0.25, -0.2) is 9.59 Å². The molecule has 1 fully saturated rings. The van der Waals surface area contributed by atoms with Crippen LogP contribution in [0, 0.1) is 0 Å². The first kappa shape index (κ1) is 30.0. The molecule has 2 aromatic carbocycles. The lowest BCUT2D eigenvalue weighted by molar-refractivity contribution is -0.277. The monoisotopic (exact) mass is 568 g/mol. The summed E-state index contributed by atoms with van der Waals surface area (Å²) in [4.78, 5) is 28.5. The summed E-state index contributed by atoms with van der Waals surface area (Å²) < 4.78 is 22.0. The number of nitrogens with one attached hydrogen (secondary N) is 1. The number of hydrogen-bond donors (Lipinski definition) is 4. The number of rotatable bonds is 11. The third-order valence-corrected chi connectivity index (χ3v) is 7.07. The second-order valence-corrected chi connectivity index (χ2v) is 9.61.